The van der Waals surface area contributed by atoms with Crippen LogP contribution in [0, 0.1) is 0 Å². The number of fused-ring (bicyclic) bond motifs is 6. The third kappa shape index (κ3) is 7.49. The first-order chi connectivity index (χ1) is 34.1. The van der Waals surface area contributed by atoms with Crippen molar-refractivity contribution in [3.05, 3.63) is 266 Å². The highest BCUT2D eigenvalue weighted by Gasteiger charge is 2.25. The Morgan fingerprint density at radius 2 is 0.768 bits per heavy atom. The summed E-state index contributed by atoms with van der Waals surface area (Å²) in [6, 6.07) is 87.4. The maximum absolute atomic E-state index is 6.73. The molecule has 326 valence electrons. The highest BCUT2D eigenvalue weighted by atomic mass is 15.1. The second-order valence-corrected chi connectivity index (χ2v) is 17.3. The molecule has 12 aromatic rings. The third-order valence-corrected chi connectivity index (χ3v) is 13.1. The summed E-state index contributed by atoms with van der Waals surface area (Å²) in [5.74, 6) is 1.34. The van der Waals surface area contributed by atoms with E-state index in [2.05, 4.69) is 197 Å². The summed E-state index contributed by atoms with van der Waals surface area (Å²) < 4.78 is 4.67. The van der Waals surface area contributed by atoms with Crippen LogP contribution in [0.2, 0.25) is 0 Å². The number of nitrogens with zero attached hydrogens (tertiary/aromatic N) is 4. The second-order valence-electron chi connectivity index (χ2n) is 17.3. The Bertz CT molecular complexity index is 3830. The molecule has 0 radical (unpaired) electrons. The van der Waals surface area contributed by atoms with Crippen LogP contribution in [0.5, 0.6) is 0 Å². The second kappa shape index (κ2) is 17.5. The molecule has 2 N–H and O–H groups in total. The van der Waals surface area contributed by atoms with Gasteiger partial charge in [-0.05, 0) is 81.4 Å². The van der Waals surface area contributed by atoms with E-state index >= 15 is 0 Å². The van der Waals surface area contributed by atoms with Gasteiger partial charge in [0.1, 0.15) is 11.7 Å². The zero-order chi connectivity index (χ0) is 46.3. The van der Waals surface area contributed by atoms with Crippen molar-refractivity contribution in [1.82, 2.24) is 9.13 Å². The summed E-state index contributed by atoms with van der Waals surface area (Å²) in [5, 5.41) is 4.49. The number of aromatic nitrogens is 2. The molecule has 0 aliphatic heterocycles. The molecular formula is C64H45N5. The van der Waals surface area contributed by atoms with Crippen LogP contribution >= 0.6 is 0 Å². The Hall–Kier alpha value is -9.32. The predicted molar refractivity (Wildman–Crippen MR) is 291 cm³/mol. The first-order valence-electron chi connectivity index (χ1n) is 23.2. The Kier molecular flexibility index (Phi) is 10.4. The van der Waals surface area contributed by atoms with Crippen LogP contribution in [-0.2, 0) is 0 Å². The lowest BCUT2D eigenvalue weighted by molar-refractivity contribution is 1.17. The van der Waals surface area contributed by atoms with Gasteiger partial charge in [0.2, 0.25) is 0 Å². The molecule has 10 aromatic carbocycles. The van der Waals surface area contributed by atoms with Crippen LogP contribution in [0.3, 0.4) is 0 Å². The van der Waals surface area contributed by atoms with Crippen molar-refractivity contribution in [3.63, 3.8) is 0 Å². The lowest BCUT2D eigenvalue weighted by Gasteiger charge is -2.17. The van der Waals surface area contributed by atoms with Gasteiger partial charge in [-0.15, -0.1) is 0 Å². The van der Waals surface area contributed by atoms with Crippen LogP contribution in [0.1, 0.15) is 11.1 Å². The maximum Gasteiger partial charge on any atom is 0.163 e. The van der Waals surface area contributed by atoms with E-state index in [1.807, 2.05) is 60.7 Å². The van der Waals surface area contributed by atoms with Gasteiger partial charge in [0, 0.05) is 38.2 Å². The zero-order valence-electron chi connectivity index (χ0n) is 37.7. The van der Waals surface area contributed by atoms with Crippen molar-refractivity contribution >= 4 is 61.1 Å². The van der Waals surface area contributed by atoms with E-state index in [0.717, 1.165) is 83.0 Å². The highest BCUT2D eigenvalue weighted by Crippen LogP contribution is 2.46. The van der Waals surface area contributed by atoms with Crippen molar-refractivity contribution in [2.24, 2.45) is 15.7 Å². The van der Waals surface area contributed by atoms with Crippen LogP contribution in [0.15, 0.2) is 265 Å². The number of amidine groups is 2. The standard InChI is InChI=1S/C64H45N5/c1-43(66-64(49-30-18-7-19-31-49)67-63(65)48-28-16-6-17-29-48)68-59-38-34-52(46-24-12-4-13-25-46)42-56(59)61-60(68)39-35-53(47-26-14-5-15-27-47)62(61)69-57-36-32-50(44-20-8-2-9-21-44)40-54(57)55-41-51(33-37-58(55)69)45-22-10-3-11-23-45/h2-42H,1H2,(H2,65,66,67). The van der Waals surface area contributed by atoms with E-state index in [0.29, 0.717) is 17.5 Å². The van der Waals surface area contributed by atoms with Crippen LogP contribution in [0.4, 0.5) is 0 Å². The molecule has 0 saturated heterocycles. The summed E-state index contributed by atoms with van der Waals surface area (Å²) >= 11 is 0. The number of nitrogens with two attached hydrogens (primary N) is 1. The molecule has 69 heavy (non-hydrogen) atoms. The summed E-state index contributed by atoms with van der Waals surface area (Å²) in [5.41, 5.74) is 22.7. The Balaban J connectivity index is 1.19. The lowest BCUT2D eigenvalue weighted by Crippen LogP contribution is -2.16. The minimum Gasteiger partial charge on any atom is -0.383 e. The summed E-state index contributed by atoms with van der Waals surface area (Å²) in [6.45, 7) is 4.73. The van der Waals surface area contributed by atoms with Gasteiger partial charge in [-0.3, -0.25) is 4.57 Å². The molecule has 0 amide bonds. The molecule has 0 unspecified atom stereocenters. The summed E-state index contributed by atoms with van der Waals surface area (Å²) in [4.78, 5) is 10.3. The molecule has 12 rings (SSSR count). The number of aliphatic imine (C=N–C) groups is 2. The lowest BCUT2D eigenvalue weighted by atomic mass is 9.97. The molecular weight excluding hydrogens is 839 g/mol. The number of benzene rings is 10. The van der Waals surface area contributed by atoms with Gasteiger partial charge in [0.05, 0.1) is 27.8 Å². The van der Waals surface area contributed by atoms with E-state index in [4.69, 9.17) is 22.3 Å². The van der Waals surface area contributed by atoms with Gasteiger partial charge in [-0.1, -0.05) is 213 Å². The fraction of sp³-hybridized carbons (Fsp3) is 0. The van der Waals surface area contributed by atoms with Gasteiger partial charge in [0.25, 0.3) is 0 Å². The zero-order valence-corrected chi connectivity index (χ0v) is 37.7. The first-order valence-corrected chi connectivity index (χ1v) is 23.2. The number of rotatable bonds is 9. The van der Waals surface area contributed by atoms with Gasteiger partial charge in [0.15, 0.2) is 5.84 Å². The van der Waals surface area contributed by atoms with Crippen molar-refractivity contribution < 1.29 is 0 Å². The molecule has 0 aliphatic carbocycles. The van der Waals surface area contributed by atoms with Gasteiger partial charge < -0.3 is 10.3 Å². The Morgan fingerprint density at radius 1 is 0.362 bits per heavy atom. The molecule has 0 atom stereocenters. The molecule has 2 aromatic heterocycles. The molecule has 0 saturated carbocycles. The third-order valence-electron chi connectivity index (χ3n) is 13.1. The molecule has 5 nitrogen and oxygen atoms in total. The maximum atomic E-state index is 6.73. The van der Waals surface area contributed by atoms with Gasteiger partial charge in [-0.2, -0.15) is 0 Å². The van der Waals surface area contributed by atoms with E-state index in [9.17, 15) is 0 Å². The van der Waals surface area contributed by atoms with Crippen LogP contribution in [-0.4, -0.2) is 20.8 Å². The smallest absolute Gasteiger partial charge is 0.163 e. The minimum atomic E-state index is 0.368. The molecule has 0 bridgehead atoms. The minimum absolute atomic E-state index is 0.368. The number of hydrogen-bond acceptors (Lipinski definition) is 1. The first kappa shape index (κ1) is 41.1. The SMILES string of the molecule is C=C(N=C(N=C(N)c1ccccc1)c1ccccc1)n1c2ccc(-c3ccccc3)cc2c2c(-n3c4ccc(-c5ccccc5)cc4c4cc(-c5ccccc5)ccc43)c(-c3ccccc3)ccc21. The topological polar surface area (TPSA) is 60.6 Å². The van der Waals surface area contributed by atoms with E-state index < -0.39 is 0 Å². The largest absolute Gasteiger partial charge is 0.383 e. The van der Waals surface area contributed by atoms with E-state index in [1.54, 1.807) is 0 Å². The predicted octanol–water partition coefficient (Wildman–Crippen LogP) is 15.8. The average molecular weight is 884 g/mol. The fourth-order valence-corrected chi connectivity index (χ4v) is 9.85. The highest BCUT2D eigenvalue weighted by molar-refractivity contribution is 6.21. The van der Waals surface area contributed by atoms with E-state index in [-0.39, 0.29) is 0 Å². The molecule has 0 aliphatic rings. The summed E-state index contributed by atoms with van der Waals surface area (Å²) in [7, 11) is 0. The van der Waals surface area contributed by atoms with E-state index in [1.165, 1.54) is 21.9 Å². The Labute approximate surface area is 400 Å². The van der Waals surface area contributed by atoms with Crippen molar-refractivity contribution in [3.8, 4) is 50.2 Å². The quantitative estimate of drug-likeness (QED) is 0.114. The molecule has 0 fully saturated rings. The van der Waals surface area contributed by atoms with Crippen molar-refractivity contribution in [2.45, 2.75) is 0 Å². The molecule has 5 heteroatoms. The van der Waals surface area contributed by atoms with Crippen molar-refractivity contribution in [1.29, 1.82) is 0 Å². The average Bonchev–Trinajstić information content (AvgIpc) is 3.93. The Morgan fingerprint density at radius 3 is 1.26 bits per heavy atom. The monoisotopic (exact) mass is 883 g/mol. The fourth-order valence-electron chi connectivity index (χ4n) is 9.85. The normalized spacial score (nSPS) is 12.1. The summed E-state index contributed by atoms with van der Waals surface area (Å²) in [6.07, 6.45) is 0. The van der Waals surface area contributed by atoms with Gasteiger partial charge in [-0.25, -0.2) is 9.98 Å². The molecule has 2 heterocycles. The van der Waals surface area contributed by atoms with Gasteiger partial charge >= 0.3 is 0 Å². The number of hydrogen-bond donors (Lipinski definition) is 1. The molecule has 0 spiro atoms. The van der Waals surface area contributed by atoms with Crippen molar-refractivity contribution in [2.75, 3.05) is 0 Å². The van der Waals surface area contributed by atoms with Crippen LogP contribution < -0.4 is 5.73 Å². The van der Waals surface area contributed by atoms with Crippen LogP contribution in [0.25, 0.3) is 99.6 Å².